The third kappa shape index (κ3) is 29.4. The lowest BCUT2D eigenvalue weighted by Crippen LogP contribution is -2.62. The van der Waals surface area contributed by atoms with E-state index in [1.165, 1.54) is 48.5 Å². The van der Waals surface area contributed by atoms with Crippen LogP contribution in [0.5, 0.6) is 11.5 Å². The number of carbonyl (C=O) groups is 16. The van der Waals surface area contributed by atoms with Crippen molar-refractivity contribution in [2.45, 2.75) is 176 Å². The zero-order valence-corrected chi connectivity index (χ0v) is 59.0. The second-order valence-electron chi connectivity index (χ2n) is 25.7. The van der Waals surface area contributed by atoms with Crippen molar-refractivity contribution >= 4 is 94.7 Å². The van der Waals surface area contributed by atoms with E-state index >= 15 is 0 Å². The molecular formula is C71H93N15O22. The van der Waals surface area contributed by atoms with Crippen LogP contribution in [0.3, 0.4) is 0 Å². The molecule has 0 spiro atoms. The highest BCUT2D eigenvalue weighted by Crippen LogP contribution is 2.22. The van der Waals surface area contributed by atoms with Gasteiger partial charge < -0.3 is 112 Å². The number of likely N-dealkylation sites (tertiary alicyclic amines) is 1. The number of phenolic OH excluding ortho intramolecular Hbond substituents is 2. The second-order valence-corrected chi connectivity index (χ2v) is 25.7. The molecule has 1 aliphatic heterocycles. The molecule has 13 amide bonds. The molecule has 37 heteroatoms. The number of nitrogens with two attached hydrogens (primary N) is 4. The van der Waals surface area contributed by atoms with E-state index < -0.39 is 212 Å². The van der Waals surface area contributed by atoms with Gasteiger partial charge in [-0.25, -0.2) is 4.79 Å². The van der Waals surface area contributed by atoms with Crippen molar-refractivity contribution in [3.63, 3.8) is 0 Å². The Morgan fingerprint density at radius 2 is 0.852 bits per heavy atom. The number of rotatable bonds is 45. The zero-order valence-electron chi connectivity index (χ0n) is 59.0. The topological polar surface area (TPSA) is 622 Å². The Hall–Kier alpha value is -12.1. The van der Waals surface area contributed by atoms with Crippen molar-refractivity contribution in [3.05, 3.63) is 131 Å². The number of carboxylic acids is 3. The van der Waals surface area contributed by atoms with Gasteiger partial charge in [-0.1, -0.05) is 84.9 Å². The number of nitrogens with one attached hydrogen (secondary N) is 10. The number of primary amides is 2. The average molecular weight is 1510 g/mol. The Morgan fingerprint density at radius 1 is 0.463 bits per heavy atom. The predicted molar refractivity (Wildman–Crippen MR) is 381 cm³/mol. The van der Waals surface area contributed by atoms with Crippen molar-refractivity contribution in [1.82, 2.24) is 58.1 Å². The predicted octanol–water partition coefficient (Wildman–Crippen LogP) is -4.76. The molecule has 4 aromatic carbocycles. The summed E-state index contributed by atoms with van der Waals surface area (Å²) in [5.74, 6) is -18.4. The SMILES string of the molecule is C[C@@H](O)[C@H](NC(=O)[C@@H]1CCCN1C(=O)[C@H](CC(N)=O)NC(=O)[C@H](CCC(=O)O)NC(=O)[C@H](Cc1ccc(O)cc1)NC(=O)CNC(=O)[C@@H](N)CC(N)=O)C(=O)N[C@@H](Cc1ccc(O)cc1)C(=O)N[C@@H](CCCCN)C(=O)N[C@@H](Cc1ccccc1)C(=O)N[C@@H](Cc1ccccc1)C(=O)N[C@@H](CCC(=O)O)C(=O)O. The van der Waals surface area contributed by atoms with Crippen molar-refractivity contribution in [2.75, 3.05) is 19.6 Å². The van der Waals surface area contributed by atoms with Crippen LogP contribution < -0.4 is 76.1 Å². The van der Waals surface area contributed by atoms with Crippen molar-refractivity contribution < 1.29 is 107 Å². The summed E-state index contributed by atoms with van der Waals surface area (Å²) in [6.07, 6.45) is -6.69. The van der Waals surface area contributed by atoms with Crippen molar-refractivity contribution in [1.29, 1.82) is 0 Å². The Kier molecular flexibility index (Phi) is 34.7. The van der Waals surface area contributed by atoms with Gasteiger partial charge >= 0.3 is 17.9 Å². The molecule has 1 heterocycles. The molecule has 0 unspecified atom stereocenters. The molecule has 108 heavy (non-hydrogen) atoms. The minimum Gasteiger partial charge on any atom is -0.508 e. The number of carboxylic acid groups (broad SMARTS) is 3. The summed E-state index contributed by atoms with van der Waals surface area (Å²) in [4.78, 5) is 216. The lowest BCUT2D eigenvalue weighted by atomic mass is 10.0. The number of aliphatic hydroxyl groups excluding tert-OH is 1. The molecule has 24 N–H and O–H groups in total. The van der Waals surface area contributed by atoms with E-state index in [0.29, 0.717) is 28.7 Å². The molecule has 0 aromatic heterocycles. The highest BCUT2D eigenvalue weighted by molar-refractivity contribution is 6.01. The van der Waals surface area contributed by atoms with Crippen molar-refractivity contribution in [3.8, 4) is 11.5 Å². The lowest BCUT2D eigenvalue weighted by molar-refractivity contribution is -0.144. The van der Waals surface area contributed by atoms with Gasteiger partial charge in [0.15, 0.2) is 0 Å². The summed E-state index contributed by atoms with van der Waals surface area (Å²) in [5.41, 5.74) is 23.8. The fraction of sp³-hybridized carbons (Fsp3) is 0.437. The Bertz CT molecular complexity index is 3820. The summed E-state index contributed by atoms with van der Waals surface area (Å²) >= 11 is 0. The summed E-state index contributed by atoms with van der Waals surface area (Å²) in [6, 6.07) is 8.99. The first kappa shape index (κ1) is 86.5. The summed E-state index contributed by atoms with van der Waals surface area (Å²) < 4.78 is 0. The maximum atomic E-state index is 14.8. The molecule has 37 nitrogen and oxygen atoms in total. The van der Waals surface area contributed by atoms with E-state index in [-0.39, 0.29) is 76.0 Å². The van der Waals surface area contributed by atoms with E-state index in [1.807, 2.05) is 0 Å². The molecule has 1 saturated heterocycles. The number of aliphatic hydroxyl groups is 1. The molecular weight excluding hydrogens is 1410 g/mol. The maximum Gasteiger partial charge on any atom is 0.326 e. The van der Waals surface area contributed by atoms with Crippen LogP contribution in [0.25, 0.3) is 0 Å². The molecule has 4 aromatic rings. The monoisotopic (exact) mass is 1510 g/mol. The standard InChI is InChI=1S/C71H93N15O22/c1-38(87)60(85-68(104)54-16-10-30-86(54)70(106)53(36-56(75)91)84-63(99)47(25-27-58(93)94)79-64(100)49(33-41-17-21-43(88)22-18-41)77-57(92)37-76-61(97)45(73)35-55(74)90)69(105)83-52(34-42-19-23-44(89)24-20-42)65(101)78-46(15-8-9-29-72)62(98)81-51(32-40-13-6-3-7-14-40)67(103)82-50(31-39-11-4-2-5-12-39)66(102)80-48(71(107)108)26-28-59(95)96/h2-7,11-14,17-24,38,45-54,60,87-89H,8-10,15-16,25-37,72-73H2,1H3,(H2,74,90)(H2,75,91)(H,76,97)(H,77,92)(H,78,101)(H,79,100)(H,80,102)(H,81,98)(H,82,103)(H,83,105)(H,84,99)(H,85,104)(H,93,94)(H,95,96)(H,107,108)/t38-,45+,46+,47+,48+,49+,50+,51+,52+,53+,54+,60+/m1/s1. The van der Waals surface area contributed by atoms with E-state index in [9.17, 15) is 107 Å². The van der Waals surface area contributed by atoms with Crippen LogP contribution in [0.2, 0.25) is 0 Å². The highest BCUT2D eigenvalue weighted by atomic mass is 16.4. The number of unbranched alkanes of at least 4 members (excludes halogenated alkanes) is 1. The zero-order chi connectivity index (χ0) is 79.7. The van der Waals surface area contributed by atoms with Crippen LogP contribution in [0.1, 0.15) is 99.8 Å². The minimum atomic E-state index is -1.94. The summed E-state index contributed by atoms with van der Waals surface area (Å²) in [6.45, 7) is 0.219. The fourth-order valence-electron chi connectivity index (χ4n) is 11.4. The molecule has 0 bridgehead atoms. The largest absolute Gasteiger partial charge is 0.508 e. The summed E-state index contributed by atoms with van der Waals surface area (Å²) in [7, 11) is 0. The van der Waals surface area contributed by atoms with Crippen LogP contribution >= 0.6 is 0 Å². The highest BCUT2D eigenvalue weighted by Gasteiger charge is 2.42. The molecule has 5 rings (SSSR count). The quantitative estimate of drug-likeness (QED) is 0.0185. The molecule has 0 aliphatic carbocycles. The molecule has 0 saturated carbocycles. The molecule has 12 atom stereocenters. The van der Waals surface area contributed by atoms with E-state index in [0.717, 1.165) is 11.8 Å². The van der Waals surface area contributed by atoms with Crippen LogP contribution in [0.15, 0.2) is 109 Å². The van der Waals surface area contributed by atoms with Gasteiger partial charge in [0.2, 0.25) is 76.8 Å². The number of nitrogens with zero attached hydrogens (tertiary/aromatic N) is 1. The van der Waals surface area contributed by atoms with Gasteiger partial charge in [-0.2, -0.15) is 0 Å². The first-order chi connectivity index (χ1) is 51.2. The molecule has 0 radical (unpaired) electrons. The fourth-order valence-corrected chi connectivity index (χ4v) is 11.4. The van der Waals surface area contributed by atoms with E-state index in [4.69, 9.17) is 22.9 Å². The van der Waals surface area contributed by atoms with Gasteiger partial charge in [0, 0.05) is 45.1 Å². The normalized spacial score (nSPS) is 15.4. The van der Waals surface area contributed by atoms with Crippen molar-refractivity contribution in [2.24, 2.45) is 22.9 Å². The average Bonchev–Trinajstić information content (AvgIpc) is 1.54. The Balaban J connectivity index is 1.39. The van der Waals surface area contributed by atoms with Gasteiger partial charge in [-0.15, -0.1) is 0 Å². The number of aliphatic carboxylic acids is 3. The van der Waals surface area contributed by atoms with Crippen LogP contribution in [0, 0.1) is 0 Å². The first-order valence-electron chi connectivity index (χ1n) is 34.5. The van der Waals surface area contributed by atoms with Gasteiger partial charge in [0.25, 0.3) is 0 Å². The Labute approximate surface area is 619 Å². The number of hydrogen-bond donors (Lipinski definition) is 20. The second kappa shape index (κ2) is 43.4. The molecule has 1 fully saturated rings. The molecule has 1 aliphatic rings. The third-order valence-corrected chi connectivity index (χ3v) is 17.1. The number of hydrogen-bond acceptors (Lipinski definition) is 21. The van der Waals surface area contributed by atoms with E-state index in [2.05, 4.69) is 53.2 Å². The smallest absolute Gasteiger partial charge is 0.326 e. The maximum absolute atomic E-state index is 14.8. The third-order valence-electron chi connectivity index (χ3n) is 17.1. The van der Waals surface area contributed by atoms with Crippen LogP contribution in [-0.4, -0.2) is 222 Å². The van der Waals surface area contributed by atoms with Gasteiger partial charge in [-0.05, 0) is 105 Å². The first-order valence-corrected chi connectivity index (χ1v) is 34.5. The van der Waals surface area contributed by atoms with Gasteiger partial charge in [0.1, 0.15) is 71.9 Å². The van der Waals surface area contributed by atoms with E-state index in [1.54, 1.807) is 60.7 Å². The van der Waals surface area contributed by atoms with Gasteiger partial charge in [0.05, 0.1) is 31.5 Å². The molecule has 584 valence electrons. The Morgan fingerprint density at radius 3 is 1.28 bits per heavy atom. The summed E-state index contributed by atoms with van der Waals surface area (Å²) in [5, 5.41) is 84.5. The number of amides is 13. The van der Waals surface area contributed by atoms with Crippen LogP contribution in [0.4, 0.5) is 0 Å². The number of carbonyl (C=O) groups excluding carboxylic acids is 13. The number of aromatic hydroxyl groups is 2. The van der Waals surface area contributed by atoms with Crippen LogP contribution in [-0.2, 0) is 102 Å². The number of phenols is 2. The number of benzene rings is 4. The van der Waals surface area contributed by atoms with Gasteiger partial charge in [-0.3, -0.25) is 71.9 Å². The minimum absolute atomic E-state index is 0.0902. The lowest BCUT2D eigenvalue weighted by Gasteiger charge is -2.31.